The van der Waals surface area contributed by atoms with Crippen molar-refractivity contribution in [3.8, 4) is 5.75 Å². The normalized spacial score (nSPS) is 20.7. The number of ether oxygens (including phenoxy) is 1. The fourth-order valence-electron chi connectivity index (χ4n) is 6.48. The molecule has 4 heterocycles. The van der Waals surface area contributed by atoms with Crippen LogP contribution in [0, 0.1) is 5.92 Å². The van der Waals surface area contributed by atoms with Gasteiger partial charge in [0.25, 0.3) is 12.3 Å². The summed E-state index contributed by atoms with van der Waals surface area (Å²) in [5, 5.41) is 12.0. The summed E-state index contributed by atoms with van der Waals surface area (Å²) < 4.78 is 32.2. The van der Waals surface area contributed by atoms with Crippen LogP contribution in [0.25, 0.3) is 0 Å². The first kappa shape index (κ1) is 29.3. The maximum absolute atomic E-state index is 14.0. The molecule has 2 fully saturated rings. The smallest absolute Gasteiger partial charge is 0.281 e. The number of anilines is 2. The topological polar surface area (TPSA) is 108 Å². The maximum Gasteiger partial charge on any atom is 0.281 e. The number of fused-ring (bicyclic) bond motifs is 2. The van der Waals surface area contributed by atoms with Gasteiger partial charge in [0.05, 0.1) is 23.4 Å². The number of hydrogen-bond acceptors (Lipinski definition) is 7. The summed E-state index contributed by atoms with van der Waals surface area (Å²) in [5.41, 5.74) is 0.569. The number of halogens is 3. The zero-order valence-electron chi connectivity index (χ0n) is 23.4. The number of para-hydroxylation sites is 1. The number of rotatable bonds is 9. The van der Waals surface area contributed by atoms with E-state index in [-0.39, 0.29) is 41.7 Å². The van der Waals surface area contributed by atoms with E-state index in [4.69, 9.17) is 21.4 Å². The molecular formula is C31H32ClF2N5O4. The zero-order chi connectivity index (χ0) is 30.1. The van der Waals surface area contributed by atoms with E-state index in [1.54, 1.807) is 6.20 Å². The van der Waals surface area contributed by atoms with Crippen LogP contribution in [0.4, 0.5) is 20.3 Å². The van der Waals surface area contributed by atoms with Gasteiger partial charge in [0, 0.05) is 37.6 Å². The van der Waals surface area contributed by atoms with Gasteiger partial charge in [-0.05, 0) is 61.4 Å². The van der Waals surface area contributed by atoms with E-state index in [0.29, 0.717) is 38.2 Å². The highest BCUT2D eigenvalue weighted by molar-refractivity contribution is 6.30. The average Bonchev–Trinajstić information content (AvgIpc) is 3.24. The molecule has 1 aliphatic carbocycles. The third-order valence-electron chi connectivity index (χ3n) is 8.65. The fraction of sp³-hybridized carbons (Fsp3) is 0.419. The molecule has 1 saturated heterocycles. The van der Waals surface area contributed by atoms with Crippen molar-refractivity contribution in [2.75, 3.05) is 42.6 Å². The number of alkyl halides is 2. The molecule has 0 unspecified atom stereocenters. The Morgan fingerprint density at radius 3 is 2.58 bits per heavy atom. The zero-order valence-corrected chi connectivity index (χ0v) is 24.1. The molecule has 2 aromatic heterocycles. The number of benzene rings is 1. The number of aromatic nitrogens is 2. The quantitative estimate of drug-likeness (QED) is 0.366. The van der Waals surface area contributed by atoms with Gasteiger partial charge in [0.2, 0.25) is 5.91 Å². The molecule has 3 aromatic rings. The Kier molecular flexibility index (Phi) is 8.19. The van der Waals surface area contributed by atoms with Gasteiger partial charge in [-0.3, -0.25) is 14.6 Å². The summed E-state index contributed by atoms with van der Waals surface area (Å²) in [6.45, 7) is 1.77. The number of nitrogens with zero attached hydrogens (tertiary/aromatic N) is 4. The highest BCUT2D eigenvalue weighted by atomic mass is 35.5. The van der Waals surface area contributed by atoms with Gasteiger partial charge in [-0.2, -0.15) is 0 Å². The fourth-order valence-corrected chi connectivity index (χ4v) is 6.63. The van der Waals surface area contributed by atoms with Crippen LogP contribution < -0.4 is 19.9 Å². The Morgan fingerprint density at radius 2 is 1.88 bits per heavy atom. The lowest BCUT2D eigenvalue weighted by atomic mass is 9.74. The minimum Gasteiger partial charge on any atom is -0.490 e. The summed E-state index contributed by atoms with van der Waals surface area (Å²) in [7, 11) is 0. The Labute approximate surface area is 252 Å². The summed E-state index contributed by atoms with van der Waals surface area (Å²) >= 11 is 5.91. The lowest BCUT2D eigenvalue weighted by molar-refractivity contribution is -0.124. The Hall–Kier alpha value is -3.83. The van der Waals surface area contributed by atoms with Crippen molar-refractivity contribution in [2.45, 2.75) is 43.6 Å². The molecule has 9 nitrogen and oxygen atoms in total. The number of pyridine rings is 2. The van der Waals surface area contributed by atoms with Gasteiger partial charge in [-0.25, -0.2) is 13.8 Å². The second-order valence-corrected chi connectivity index (χ2v) is 11.8. The Bertz CT molecular complexity index is 1490. The van der Waals surface area contributed by atoms with E-state index >= 15 is 0 Å². The standard InChI is InChI=1S/C31H32ClF2N5O4/c32-20-13-23(27(28(33)34)36-14-20)29(41)37-21-7-5-19(6-8-21)16-39-25-4-2-1-3-24(25)31(30(39)42)17-38(18-31)26-10-9-22(15-35-26)43-12-11-40/h1-4,9-10,13-15,19,21,28,40H,5-8,11-12,16-18H2,(H,37,41)/t19-,21-. The van der Waals surface area contributed by atoms with Crippen LogP contribution in [0.5, 0.6) is 5.75 Å². The molecule has 2 aliphatic heterocycles. The van der Waals surface area contributed by atoms with Crippen molar-refractivity contribution in [2.24, 2.45) is 5.92 Å². The summed E-state index contributed by atoms with van der Waals surface area (Å²) in [6.07, 6.45) is 2.80. The highest BCUT2D eigenvalue weighted by Gasteiger charge is 2.58. The Balaban J connectivity index is 1.07. The predicted molar refractivity (Wildman–Crippen MR) is 157 cm³/mol. The number of carbonyl (C=O) groups excluding carboxylic acids is 2. The molecule has 43 heavy (non-hydrogen) atoms. The van der Waals surface area contributed by atoms with Crippen molar-refractivity contribution in [3.05, 3.63) is 76.7 Å². The number of aliphatic hydroxyl groups is 1. The van der Waals surface area contributed by atoms with E-state index in [9.17, 15) is 18.4 Å². The second kappa shape index (κ2) is 12.0. The largest absolute Gasteiger partial charge is 0.490 e. The third kappa shape index (κ3) is 5.63. The number of aliphatic hydroxyl groups excluding tert-OH is 1. The van der Waals surface area contributed by atoms with Crippen LogP contribution >= 0.6 is 11.6 Å². The second-order valence-electron chi connectivity index (χ2n) is 11.4. The van der Waals surface area contributed by atoms with Crippen molar-refractivity contribution in [1.29, 1.82) is 0 Å². The van der Waals surface area contributed by atoms with E-state index in [1.165, 1.54) is 6.07 Å². The molecule has 1 spiro atoms. The van der Waals surface area contributed by atoms with Crippen LogP contribution in [0.3, 0.4) is 0 Å². The summed E-state index contributed by atoms with van der Waals surface area (Å²) in [5.74, 6) is 1.08. The van der Waals surface area contributed by atoms with Gasteiger partial charge in [0.15, 0.2) is 0 Å². The molecule has 1 saturated carbocycles. The third-order valence-corrected chi connectivity index (χ3v) is 8.86. The van der Waals surface area contributed by atoms with Crippen molar-refractivity contribution < 1.29 is 28.2 Å². The first-order valence-electron chi connectivity index (χ1n) is 14.4. The number of carbonyl (C=O) groups is 2. The molecule has 226 valence electrons. The van der Waals surface area contributed by atoms with E-state index in [0.717, 1.165) is 36.1 Å². The van der Waals surface area contributed by atoms with Crippen molar-refractivity contribution in [3.63, 3.8) is 0 Å². The molecule has 12 heteroatoms. The highest BCUT2D eigenvalue weighted by Crippen LogP contribution is 2.49. The molecule has 0 bridgehead atoms. The first-order chi connectivity index (χ1) is 20.8. The molecule has 2 amide bonds. The maximum atomic E-state index is 14.0. The molecule has 3 aliphatic rings. The van der Waals surface area contributed by atoms with Crippen LogP contribution in [0.15, 0.2) is 54.9 Å². The molecule has 0 radical (unpaired) electrons. The number of nitrogens with one attached hydrogen (secondary N) is 1. The minimum atomic E-state index is -2.88. The van der Waals surface area contributed by atoms with E-state index in [2.05, 4.69) is 20.2 Å². The summed E-state index contributed by atoms with van der Waals surface area (Å²) in [4.78, 5) is 38.9. The average molecular weight is 612 g/mol. The van der Waals surface area contributed by atoms with Gasteiger partial charge in [-0.15, -0.1) is 0 Å². The first-order valence-corrected chi connectivity index (χ1v) is 14.8. The SMILES string of the molecule is O=C(N[C@H]1CC[C@H](CN2C(=O)C3(CN(c4ccc(OCCO)cn4)C3)c3ccccc32)CC1)c1cc(Cl)cnc1C(F)F. The molecule has 1 aromatic carbocycles. The number of amides is 2. The number of hydrogen-bond donors (Lipinski definition) is 2. The molecular weight excluding hydrogens is 580 g/mol. The van der Waals surface area contributed by atoms with Gasteiger partial charge >= 0.3 is 0 Å². The molecule has 0 atom stereocenters. The van der Waals surface area contributed by atoms with Crippen LogP contribution in [0.2, 0.25) is 5.02 Å². The van der Waals surface area contributed by atoms with E-state index in [1.807, 2.05) is 41.3 Å². The van der Waals surface area contributed by atoms with Crippen molar-refractivity contribution in [1.82, 2.24) is 15.3 Å². The van der Waals surface area contributed by atoms with E-state index < -0.39 is 23.4 Å². The van der Waals surface area contributed by atoms with Gasteiger partial charge < -0.3 is 25.0 Å². The lowest BCUT2D eigenvalue weighted by Gasteiger charge is -2.47. The Morgan fingerprint density at radius 1 is 1.12 bits per heavy atom. The van der Waals surface area contributed by atoms with Crippen LogP contribution in [0.1, 0.15) is 53.7 Å². The monoisotopic (exact) mass is 611 g/mol. The molecule has 6 rings (SSSR count). The molecule has 2 N–H and O–H groups in total. The van der Waals surface area contributed by atoms with Crippen molar-refractivity contribution >= 4 is 34.9 Å². The van der Waals surface area contributed by atoms with Gasteiger partial charge in [0.1, 0.15) is 29.3 Å². The lowest BCUT2D eigenvalue weighted by Crippen LogP contribution is -2.64. The van der Waals surface area contributed by atoms with Crippen LogP contribution in [-0.2, 0) is 10.2 Å². The predicted octanol–water partition coefficient (Wildman–Crippen LogP) is 4.53. The summed E-state index contributed by atoms with van der Waals surface area (Å²) in [6, 6.07) is 12.7. The van der Waals surface area contributed by atoms with Crippen LogP contribution in [-0.4, -0.2) is 65.8 Å². The minimum absolute atomic E-state index is 0.0708. The van der Waals surface area contributed by atoms with Gasteiger partial charge in [-0.1, -0.05) is 29.8 Å².